The molecule has 0 unspecified atom stereocenters. The highest BCUT2D eigenvalue weighted by atomic mass is 32.2. The Bertz CT molecular complexity index is 929. The van der Waals surface area contributed by atoms with Crippen molar-refractivity contribution in [3.05, 3.63) is 41.8 Å². The number of ether oxygens (including phenoxy) is 1. The molecule has 0 atom stereocenters. The van der Waals surface area contributed by atoms with Crippen LogP contribution in [0.15, 0.2) is 46.8 Å². The first-order valence-corrected chi connectivity index (χ1v) is 9.69. The molecule has 2 heterocycles. The zero-order chi connectivity index (χ0) is 18.5. The number of benzene rings is 1. The molecule has 0 aliphatic heterocycles. The van der Waals surface area contributed by atoms with Crippen molar-refractivity contribution < 1.29 is 14.3 Å². The van der Waals surface area contributed by atoms with Gasteiger partial charge in [-0.25, -0.2) is 9.97 Å². The van der Waals surface area contributed by atoms with Crippen LogP contribution in [0.5, 0.6) is 0 Å². The van der Waals surface area contributed by atoms with E-state index in [2.05, 4.69) is 14.7 Å². The van der Waals surface area contributed by atoms with Crippen molar-refractivity contribution >= 4 is 45.9 Å². The Labute approximate surface area is 159 Å². The molecular formula is C18H17N3O3S2. The minimum Gasteiger partial charge on any atom is -0.468 e. The lowest BCUT2D eigenvalue weighted by Crippen LogP contribution is -2.33. The Morgan fingerprint density at radius 2 is 2.00 bits per heavy atom. The van der Waals surface area contributed by atoms with Crippen molar-refractivity contribution in [1.29, 1.82) is 0 Å². The maximum absolute atomic E-state index is 12.3. The molecule has 8 heteroatoms. The van der Waals surface area contributed by atoms with Gasteiger partial charge in [-0.05, 0) is 17.5 Å². The first-order valence-electron chi connectivity index (χ1n) is 7.82. The predicted molar refractivity (Wildman–Crippen MR) is 103 cm³/mol. The smallest absolute Gasteiger partial charge is 0.325 e. The molecule has 6 nitrogen and oxygen atoms in total. The number of nitrogens with zero attached hydrogens (tertiary/aromatic N) is 3. The van der Waals surface area contributed by atoms with Crippen LogP contribution in [0.1, 0.15) is 0 Å². The van der Waals surface area contributed by atoms with E-state index in [1.165, 1.54) is 23.8 Å². The first-order chi connectivity index (χ1) is 12.6. The van der Waals surface area contributed by atoms with Crippen LogP contribution in [-0.4, -0.2) is 53.2 Å². The van der Waals surface area contributed by atoms with Crippen molar-refractivity contribution in [3.63, 3.8) is 0 Å². The van der Waals surface area contributed by atoms with E-state index in [9.17, 15) is 9.59 Å². The second-order valence-electron chi connectivity index (χ2n) is 5.46. The van der Waals surface area contributed by atoms with E-state index in [0.29, 0.717) is 5.82 Å². The number of aromatic nitrogens is 2. The van der Waals surface area contributed by atoms with Crippen LogP contribution >= 0.6 is 23.1 Å². The number of carbonyl (C=O) groups is 2. The molecule has 0 N–H and O–H groups in total. The number of hydrogen-bond donors (Lipinski definition) is 0. The molecule has 2 aromatic heterocycles. The van der Waals surface area contributed by atoms with Gasteiger partial charge >= 0.3 is 5.97 Å². The number of thioether (sulfide) groups is 1. The average Bonchev–Trinajstić information content (AvgIpc) is 3.20. The topological polar surface area (TPSA) is 72.4 Å². The van der Waals surface area contributed by atoms with Crippen LogP contribution in [0.25, 0.3) is 21.6 Å². The fourth-order valence-electron chi connectivity index (χ4n) is 2.26. The van der Waals surface area contributed by atoms with Crippen molar-refractivity contribution in [3.8, 4) is 10.7 Å². The molecule has 1 amide bonds. The highest BCUT2D eigenvalue weighted by Crippen LogP contribution is 2.30. The molecule has 0 aliphatic carbocycles. The van der Waals surface area contributed by atoms with Gasteiger partial charge in [0.15, 0.2) is 5.82 Å². The summed E-state index contributed by atoms with van der Waals surface area (Å²) in [5, 5.41) is 3.63. The molecule has 0 fully saturated rings. The molecule has 0 radical (unpaired) electrons. The fourth-order valence-corrected chi connectivity index (χ4v) is 3.88. The minimum absolute atomic E-state index is 0.0686. The number of esters is 1. The molecular weight excluding hydrogens is 370 g/mol. The van der Waals surface area contributed by atoms with Crippen molar-refractivity contribution in [2.24, 2.45) is 0 Å². The summed E-state index contributed by atoms with van der Waals surface area (Å²) in [4.78, 5) is 35.2. The first kappa shape index (κ1) is 18.3. The van der Waals surface area contributed by atoms with Crippen molar-refractivity contribution in [1.82, 2.24) is 14.9 Å². The number of para-hydroxylation sites is 1. The normalized spacial score (nSPS) is 10.7. The number of thiophene rings is 1. The lowest BCUT2D eigenvalue weighted by Gasteiger charge is -2.15. The summed E-state index contributed by atoms with van der Waals surface area (Å²) in [7, 11) is 2.88. The van der Waals surface area contributed by atoms with E-state index in [1.54, 1.807) is 18.4 Å². The molecule has 26 heavy (non-hydrogen) atoms. The quantitative estimate of drug-likeness (QED) is 0.368. The van der Waals surface area contributed by atoms with Gasteiger partial charge in [-0.3, -0.25) is 9.59 Å². The number of rotatable bonds is 6. The summed E-state index contributed by atoms with van der Waals surface area (Å²) in [5.74, 6) is 0.217. The molecule has 0 spiro atoms. The summed E-state index contributed by atoms with van der Waals surface area (Å²) in [6.07, 6.45) is 0. The number of carbonyl (C=O) groups excluding carboxylic acids is 2. The van der Waals surface area contributed by atoms with Gasteiger partial charge in [-0.2, -0.15) is 0 Å². The van der Waals surface area contributed by atoms with Crippen LogP contribution in [-0.2, 0) is 14.3 Å². The number of methoxy groups -OCH3 is 1. The second-order valence-corrected chi connectivity index (χ2v) is 7.37. The largest absolute Gasteiger partial charge is 0.468 e. The summed E-state index contributed by atoms with van der Waals surface area (Å²) >= 11 is 2.91. The Balaban J connectivity index is 1.82. The SMILES string of the molecule is COC(=O)CN(C)C(=O)CSc1nc(-c2cccs2)nc2ccccc12. The third-order valence-corrected chi connectivity index (χ3v) is 5.50. The summed E-state index contributed by atoms with van der Waals surface area (Å²) in [6, 6.07) is 11.7. The van der Waals surface area contributed by atoms with Gasteiger partial charge in [-0.15, -0.1) is 11.3 Å². The number of likely N-dealkylation sites (N-methyl/N-ethyl adjacent to an activating group) is 1. The summed E-state index contributed by atoms with van der Waals surface area (Å²) in [5.41, 5.74) is 0.837. The monoisotopic (exact) mass is 387 g/mol. The van der Waals surface area contributed by atoms with E-state index in [-0.39, 0.29) is 18.2 Å². The predicted octanol–water partition coefficient (Wildman–Crippen LogP) is 3.08. The maximum Gasteiger partial charge on any atom is 0.325 e. The lowest BCUT2D eigenvalue weighted by molar-refractivity contribution is -0.145. The lowest BCUT2D eigenvalue weighted by atomic mass is 10.2. The van der Waals surface area contributed by atoms with E-state index in [1.807, 2.05) is 41.8 Å². The van der Waals surface area contributed by atoms with Crippen LogP contribution in [0, 0.1) is 0 Å². The third kappa shape index (κ3) is 4.20. The highest BCUT2D eigenvalue weighted by molar-refractivity contribution is 8.00. The Kier molecular flexibility index (Phi) is 5.85. The van der Waals surface area contributed by atoms with E-state index >= 15 is 0 Å². The molecule has 134 valence electrons. The van der Waals surface area contributed by atoms with E-state index in [0.717, 1.165) is 20.8 Å². The van der Waals surface area contributed by atoms with Crippen LogP contribution in [0.4, 0.5) is 0 Å². The standard InChI is InChI=1S/C18H17N3O3S2/c1-21(10-16(23)24-2)15(22)11-26-18-12-6-3-4-7-13(12)19-17(20-18)14-8-5-9-25-14/h3-9H,10-11H2,1-2H3. The summed E-state index contributed by atoms with van der Waals surface area (Å²) in [6.45, 7) is -0.0686. The van der Waals surface area contributed by atoms with E-state index < -0.39 is 5.97 Å². The fraction of sp³-hybridized carbons (Fsp3) is 0.222. The highest BCUT2D eigenvalue weighted by Gasteiger charge is 2.16. The zero-order valence-corrected chi connectivity index (χ0v) is 16.0. The molecule has 0 saturated carbocycles. The molecule has 0 saturated heterocycles. The molecule has 0 bridgehead atoms. The van der Waals surface area contributed by atoms with Gasteiger partial charge in [-0.1, -0.05) is 36.0 Å². The van der Waals surface area contributed by atoms with Crippen LogP contribution < -0.4 is 0 Å². The zero-order valence-electron chi connectivity index (χ0n) is 14.3. The molecule has 3 aromatic rings. The number of amides is 1. The maximum atomic E-state index is 12.3. The molecule has 3 rings (SSSR count). The van der Waals surface area contributed by atoms with Gasteiger partial charge in [0.25, 0.3) is 0 Å². The van der Waals surface area contributed by atoms with Gasteiger partial charge in [0, 0.05) is 12.4 Å². The van der Waals surface area contributed by atoms with Gasteiger partial charge in [0.05, 0.1) is 23.3 Å². The van der Waals surface area contributed by atoms with Gasteiger partial charge in [0.1, 0.15) is 11.6 Å². The number of hydrogen-bond acceptors (Lipinski definition) is 7. The van der Waals surface area contributed by atoms with Crippen molar-refractivity contribution in [2.75, 3.05) is 26.5 Å². The Hall–Kier alpha value is -2.45. The Morgan fingerprint density at radius 1 is 1.19 bits per heavy atom. The van der Waals surface area contributed by atoms with Crippen molar-refractivity contribution in [2.45, 2.75) is 5.03 Å². The second kappa shape index (κ2) is 8.29. The van der Waals surface area contributed by atoms with E-state index in [4.69, 9.17) is 0 Å². The third-order valence-electron chi connectivity index (χ3n) is 3.66. The molecule has 1 aromatic carbocycles. The van der Waals surface area contributed by atoms with Gasteiger partial charge < -0.3 is 9.64 Å². The Morgan fingerprint density at radius 3 is 2.73 bits per heavy atom. The van der Waals surface area contributed by atoms with Gasteiger partial charge in [0.2, 0.25) is 5.91 Å². The molecule has 0 aliphatic rings. The van der Waals surface area contributed by atoms with Crippen LogP contribution in [0.3, 0.4) is 0 Å². The average molecular weight is 387 g/mol. The number of fused-ring (bicyclic) bond motifs is 1. The minimum atomic E-state index is -0.446. The van der Waals surface area contributed by atoms with Crippen LogP contribution in [0.2, 0.25) is 0 Å². The summed E-state index contributed by atoms with van der Waals surface area (Å²) < 4.78 is 4.59.